The number of benzene rings is 2. The van der Waals surface area contributed by atoms with E-state index in [-0.39, 0.29) is 0 Å². The summed E-state index contributed by atoms with van der Waals surface area (Å²) in [7, 11) is 0. The maximum Gasteiger partial charge on any atom is 0.119 e. The second kappa shape index (κ2) is 5.94. The van der Waals surface area contributed by atoms with Crippen LogP contribution in [-0.2, 0) is 6.61 Å². The molecule has 0 atom stereocenters. The lowest BCUT2D eigenvalue weighted by Crippen LogP contribution is -1.95. The van der Waals surface area contributed by atoms with Crippen LogP contribution in [0.3, 0.4) is 0 Å². The Balaban J connectivity index is 2.04. The van der Waals surface area contributed by atoms with E-state index in [1.807, 2.05) is 36.4 Å². The first-order chi connectivity index (χ1) is 8.13. The molecule has 0 fully saturated rings. The summed E-state index contributed by atoms with van der Waals surface area (Å²) in [5, 5.41) is 1.25. The van der Waals surface area contributed by atoms with Crippen LogP contribution in [0.2, 0.25) is 10.0 Å². The Morgan fingerprint density at radius 3 is 2.12 bits per heavy atom. The van der Waals surface area contributed by atoms with Crippen molar-refractivity contribution in [1.29, 1.82) is 0 Å². The third kappa shape index (κ3) is 4.05. The van der Waals surface area contributed by atoms with Crippen molar-refractivity contribution < 1.29 is 4.74 Å². The molecule has 0 radical (unpaired) electrons. The summed E-state index contributed by atoms with van der Waals surface area (Å²) in [5.41, 5.74) is 0.959. The zero-order chi connectivity index (χ0) is 12.3. The molecule has 2 rings (SSSR count). The molecule has 88 valence electrons. The summed E-state index contributed by atoms with van der Waals surface area (Å²) in [6.45, 7) is 0.459. The van der Waals surface area contributed by atoms with Crippen molar-refractivity contribution >= 4 is 45.8 Å². The highest BCUT2D eigenvalue weighted by atomic mass is 127. The van der Waals surface area contributed by atoms with E-state index in [1.54, 1.807) is 6.07 Å². The fourth-order valence-corrected chi connectivity index (χ4v) is 2.32. The van der Waals surface area contributed by atoms with Crippen LogP contribution in [0.15, 0.2) is 42.5 Å². The summed E-state index contributed by atoms with van der Waals surface area (Å²) in [4.78, 5) is 0. The van der Waals surface area contributed by atoms with Crippen molar-refractivity contribution in [3.05, 3.63) is 61.6 Å². The van der Waals surface area contributed by atoms with E-state index in [0.717, 1.165) is 11.3 Å². The topological polar surface area (TPSA) is 9.23 Å². The molecule has 17 heavy (non-hydrogen) atoms. The van der Waals surface area contributed by atoms with Gasteiger partial charge in [0.25, 0.3) is 0 Å². The summed E-state index contributed by atoms with van der Waals surface area (Å²) >= 11 is 14.1. The Kier molecular flexibility index (Phi) is 4.54. The predicted octanol–water partition coefficient (Wildman–Crippen LogP) is 5.18. The molecule has 0 spiro atoms. The van der Waals surface area contributed by atoms with Gasteiger partial charge in [0, 0.05) is 13.6 Å². The normalized spacial score (nSPS) is 10.3. The zero-order valence-corrected chi connectivity index (χ0v) is 12.5. The van der Waals surface area contributed by atoms with Crippen LogP contribution >= 0.6 is 45.8 Å². The van der Waals surface area contributed by atoms with E-state index in [1.165, 1.54) is 3.57 Å². The minimum absolute atomic E-state index is 0.459. The van der Waals surface area contributed by atoms with Crippen LogP contribution in [0, 0.1) is 3.57 Å². The van der Waals surface area contributed by atoms with Gasteiger partial charge < -0.3 is 4.74 Å². The number of hydrogen-bond donors (Lipinski definition) is 0. The second-order valence-electron chi connectivity index (χ2n) is 3.52. The number of rotatable bonds is 3. The average Bonchev–Trinajstić information content (AvgIpc) is 2.27. The van der Waals surface area contributed by atoms with Gasteiger partial charge in [0.1, 0.15) is 12.4 Å². The standard InChI is InChI=1S/C13H9Cl2IO/c14-10-5-9(6-11(15)7-10)8-17-13-3-1-12(16)2-4-13/h1-7H,8H2. The van der Waals surface area contributed by atoms with Crippen LogP contribution in [0.25, 0.3) is 0 Å². The molecule has 0 heterocycles. The summed E-state index contributed by atoms with van der Waals surface area (Å²) < 4.78 is 6.82. The molecule has 2 aromatic carbocycles. The van der Waals surface area contributed by atoms with Crippen LogP contribution in [0.5, 0.6) is 5.75 Å². The minimum Gasteiger partial charge on any atom is -0.489 e. The fraction of sp³-hybridized carbons (Fsp3) is 0.0769. The van der Waals surface area contributed by atoms with E-state index >= 15 is 0 Å². The molecule has 0 aliphatic rings. The highest BCUT2D eigenvalue weighted by Crippen LogP contribution is 2.21. The Bertz CT molecular complexity index is 491. The predicted molar refractivity (Wildman–Crippen MR) is 80.0 cm³/mol. The molecule has 0 aliphatic carbocycles. The first-order valence-corrected chi connectivity index (χ1v) is 6.80. The van der Waals surface area contributed by atoms with Crippen molar-refractivity contribution in [2.45, 2.75) is 6.61 Å². The van der Waals surface area contributed by atoms with Crippen molar-refractivity contribution in [2.75, 3.05) is 0 Å². The molecule has 1 nitrogen and oxygen atoms in total. The van der Waals surface area contributed by atoms with Crippen LogP contribution in [0.1, 0.15) is 5.56 Å². The van der Waals surface area contributed by atoms with Gasteiger partial charge in [-0.05, 0) is 70.6 Å². The monoisotopic (exact) mass is 378 g/mol. The Labute approximate surface area is 124 Å². The molecular weight excluding hydrogens is 370 g/mol. The molecule has 0 amide bonds. The van der Waals surface area contributed by atoms with E-state index in [9.17, 15) is 0 Å². The molecule has 0 aliphatic heterocycles. The van der Waals surface area contributed by atoms with E-state index < -0.39 is 0 Å². The molecule has 2 aromatic rings. The highest BCUT2D eigenvalue weighted by molar-refractivity contribution is 14.1. The second-order valence-corrected chi connectivity index (χ2v) is 5.64. The molecule has 4 heteroatoms. The third-order valence-corrected chi connectivity index (χ3v) is 3.30. The maximum absolute atomic E-state index is 5.91. The molecule has 0 aromatic heterocycles. The van der Waals surface area contributed by atoms with Gasteiger partial charge in [-0.1, -0.05) is 23.2 Å². The van der Waals surface area contributed by atoms with Crippen molar-refractivity contribution in [3.8, 4) is 5.75 Å². The van der Waals surface area contributed by atoms with E-state index in [4.69, 9.17) is 27.9 Å². The van der Waals surface area contributed by atoms with Gasteiger partial charge in [0.15, 0.2) is 0 Å². The molecule has 0 saturated carbocycles. The summed E-state index contributed by atoms with van der Waals surface area (Å²) in [5.74, 6) is 0.835. The van der Waals surface area contributed by atoms with E-state index in [2.05, 4.69) is 22.6 Å². The summed E-state index contributed by atoms with van der Waals surface area (Å²) in [6, 6.07) is 13.3. The molecule has 0 saturated heterocycles. The minimum atomic E-state index is 0.459. The van der Waals surface area contributed by atoms with Gasteiger partial charge in [0.05, 0.1) is 0 Å². The molecule has 0 unspecified atom stereocenters. The first-order valence-electron chi connectivity index (χ1n) is 4.97. The fourth-order valence-electron chi connectivity index (χ4n) is 1.39. The SMILES string of the molecule is Clc1cc(Cl)cc(COc2ccc(I)cc2)c1. The maximum atomic E-state index is 5.91. The number of halogens is 3. The molecule has 0 bridgehead atoms. The van der Waals surface area contributed by atoms with Crippen molar-refractivity contribution in [3.63, 3.8) is 0 Å². The third-order valence-electron chi connectivity index (χ3n) is 2.14. The lowest BCUT2D eigenvalue weighted by atomic mass is 10.2. The van der Waals surface area contributed by atoms with Crippen molar-refractivity contribution in [1.82, 2.24) is 0 Å². The molecular formula is C13H9Cl2IO. The first kappa shape index (κ1) is 13.0. The largest absolute Gasteiger partial charge is 0.489 e. The smallest absolute Gasteiger partial charge is 0.119 e. The summed E-state index contributed by atoms with van der Waals surface area (Å²) in [6.07, 6.45) is 0. The lowest BCUT2D eigenvalue weighted by Gasteiger charge is -2.07. The zero-order valence-electron chi connectivity index (χ0n) is 8.79. The Morgan fingerprint density at radius 2 is 1.53 bits per heavy atom. The number of hydrogen-bond acceptors (Lipinski definition) is 1. The van der Waals surface area contributed by atoms with Crippen LogP contribution in [-0.4, -0.2) is 0 Å². The van der Waals surface area contributed by atoms with Crippen LogP contribution in [0.4, 0.5) is 0 Å². The van der Waals surface area contributed by atoms with E-state index in [0.29, 0.717) is 16.7 Å². The highest BCUT2D eigenvalue weighted by Gasteiger charge is 2.00. The lowest BCUT2D eigenvalue weighted by molar-refractivity contribution is 0.306. The van der Waals surface area contributed by atoms with Gasteiger partial charge in [-0.25, -0.2) is 0 Å². The van der Waals surface area contributed by atoms with Crippen molar-refractivity contribution in [2.24, 2.45) is 0 Å². The molecule has 0 N–H and O–H groups in total. The quantitative estimate of drug-likeness (QED) is 0.669. The average molecular weight is 379 g/mol. The van der Waals surface area contributed by atoms with Crippen LogP contribution < -0.4 is 4.74 Å². The number of ether oxygens (including phenoxy) is 1. The van der Waals surface area contributed by atoms with Gasteiger partial charge in [0.2, 0.25) is 0 Å². The van der Waals surface area contributed by atoms with Gasteiger partial charge in [-0.3, -0.25) is 0 Å². The van der Waals surface area contributed by atoms with Gasteiger partial charge in [-0.15, -0.1) is 0 Å². The van der Waals surface area contributed by atoms with Gasteiger partial charge >= 0.3 is 0 Å². The Morgan fingerprint density at radius 1 is 0.941 bits per heavy atom. The Hall–Kier alpha value is -0.450. The van der Waals surface area contributed by atoms with Gasteiger partial charge in [-0.2, -0.15) is 0 Å².